The molecule has 1 saturated carbocycles. The fourth-order valence-electron chi connectivity index (χ4n) is 2.33. The summed E-state index contributed by atoms with van der Waals surface area (Å²) < 4.78 is 25.7. The van der Waals surface area contributed by atoms with Gasteiger partial charge in [0.05, 0.1) is 11.6 Å². The van der Waals surface area contributed by atoms with E-state index in [9.17, 15) is 4.39 Å². The van der Waals surface area contributed by atoms with Gasteiger partial charge >= 0.3 is 0 Å². The number of ether oxygens (including phenoxy) is 2. The molecule has 130 valence electrons. The second-order valence-electron chi connectivity index (χ2n) is 5.64. The van der Waals surface area contributed by atoms with Crippen LogP contribution in [0.3, 0.4) is 0 Å². The van der Waals surface area contributed by atoms with Crippen LogP contribution in [0.5, 0.6) is 11.5 Å². The summed E-state index contributed by atoms with van der Waals surface area (Å²) in [6.07, 6.45) is 2.50. The van der Waals surface area contributed by atoms with Gasteiger partial charge in [0.1, 0.15) is 12.4 Å². The molecule has 0 aromatic heterocycles. The first-order valence-corrected chi connectivity index (χ1v) is 8.42. The summed E-state index contributed by atoms with van der Waals surface area (Å²) in [7, 11) is 1.61. The van der Waals surface area contributed by atoms with Crippen molar-refractivity contribution in [2.45, 2.75) is 32.0 Å². The summed E-state index contributed by atoms with van der Waals surface area (Å²) in [5.74, 6) is 0.960. The Labute approximate surface area is 156 Å². The first kappa shape index (κ1) is 19.0. The molecule has 3 nitrogen and oxygen atoms in total. The minimum absolute atomic E-state index is 0. The highest BCUT2D eigenvalue weighted by atomic mass is 79.9. The van der Waals surface area contributed by atoms with Crippen molar-refractivity contribution < 1.29 is 13.9 Å². The molecule has 1 fully saturated rings. The SMILES string of the molecule is COc1cc(CNC2CC2)cc(Br)c1OCc1ccccc1F.Cl. The zero-order valence-corrected chi connectivity index (χ0v) is 15.8. The molecule has 0 atom stereocenters. The van der Waals surface area contributed by atoms with Crippen LogP contribution < -0.4 is 14.8 Å². The van der Waals surface area contributed by atoms with Crippen molar-refractivity contribution in [1.29, 1.82) is 0 Å². The molecule has 1 aliphatic rings. The summed E-state index contributed by atoms with van der Waals surface area (Å²) in [5.41, 5.74) is 1.64. The van der Waals surface area contributed by atoms with E-state index in [1.807, 2.05) is 12.1 Å². The van der Waals surface area contributed by atoms with Crippen molar-refractivity contribution in [2.75, 3.05) is 7.11 Å². The third kappa shape index (κ3) is 4.85. The van der Waals surface area contributed by atoms with E-state index >= 15 is 0 Å². The summed E-state index contributed by atoms with van der Waals surface area (Å²) in [6.45, 7) is 0.953. The molecule has 24 heavy (non-hydrogen) atoms. The number of hydrogen-bond donors (Lipinski definition) is 1. The van der Waals surface area contributed by atoms with Crippen LogP contribution in [0, 0.1) is 5.82 Å². The highest BCUT2D eigenvalue weighted by Gasteiger charge is 2.20. The van der Waals surface area contributed by atoms with Crippen LogP contribution >= 0.6 is 28.3 Å². The Bertz CT molecular complexity index is 695. The Morgan fingerprint density at radius 1 is 1.25 bits per heavy atom. The van der Waals surface area contributed by atoms with Gasteiger partial charge in [-0.15, -0.1) is 12.4 Å². The standard InChI is InChI=1S/C18H19BrFNO2.ClH/c1-22-17-9-12(10-21-14-6-7-14)8-15(19)18(17)23-11-13-4-2-3-5-16(13)20;/h2-5,8-9,14,21H,6-7,10-11H2,1H3;1H. The molecule has 0 bridgehead atoms. The lowest BCUT2D eigenvalue weighted by atomic mass is 10.2. The summed E-state index contributed by atoms with van der Waals surface area (Å²) in [5, 5.41) is 3.47. The van der Waals surface area contributed by atoms with Crippen LogP contribution in [0.15, 0.2) is 40.9 Å². The second-order valence-corrected chi connectivity index (χ2v) is 6.50. The van der Waals surface area contributed by atoms with Gasteiger partial charge in [-0.2, -0.15) is 0 Å². The van der Waals surface area contributed by atoms with E-state index in [4.69, 9.17) is 9.47 Å². The lowest BCUT2D eigenvalue weighted by Crippen LogP contribution is -2.15. The van der Waals surface area contributed by atoms with Crippen LogP contribution in [-0.4, -0.2) is 13.2 Å². The predicted octanol–water partition coefficient (Wildman–Crippen LogP) is 4.85. The highest BCUT2D eigenvalue weighted by Crippen LogP contribution is 2.37. The van der Waals surface area contributed by atoms with E-state index in [0.717, 1.165) is 16.6 Å². The first-order valence-electron chi connectivity index (χ1n) is 7.63. The molecule has 0 heterocycles. The van der Waals surface area contributed by atoms with Gasteiger partial charge in [0, 0.05) is 18.2 Å². The molecule has 3 rings (SSSR count). The minimum Gasteiger partial charge on any atom is -0.493 e. The van der Waals surface area contributed by atoms with Gasteiger partial charge in [0.25, 0.3) is 0 Å². The second kappa shape index (κ2) is 8.70. The van der Waals surface area contributed by atoms with E-state index in [1.54, 1.807) is 25.3 Å². The summed E-state index contributed by atoms with van der Waals surface area (Å²) >= 11 is 3.53. The maximum Gasteiger partial charge on any atom is 0.175 e. The van der Waals surface area contributed by atoms with Gasteiger partial charge in [-0.25, -0.2) is 4.39 Å². The van der Waals surface area contributed by atoms with Gasteiger partial charge in [-0.3, -0.25) is 0 Å². The maximum absolute atomic E-state index is 13.7. The van der Waals surface area contributed by atoms with Crippen LogP contribution in [0.25, 0.3) is 0 Å². The minimum atomic E-state index is -0.271. The smallest absolute Gasteiger partial charge is 0.175 e. The number of halogens is 3. The van der Waals surface area contributed by atoms with Crippen LogP contribution in [0.2, 0.25) is 0 Å². The van der Waals surface area contributed by atoms with E-state index in [-0.39, 0.29) is 24.8 Å². The molecule has 1 aliphatic carbocycles. The van der Waals surface area contributed by atoms with E-state index < -0.39 is 0 Å². The molecular formula is C18H20BrClFNO2. The van der Waals surface area contributed by atoms with Crippen molar-refractivity contribution in [2.24, 2.45) is 0 Å². The number of benzene rings is 2. The van der Waals surface area contributed by atoms with E-state index in [1.165, 1.54) is 18.9 Å². The first-order chi connectivity index (χ1) is 11.2. The topological polar surface area (TPSA) is 30.5 Å². The lowest BCUT2D eigenvalue weighted by Gasteiger charge is -2.15. The Kier molecular flexibility index (Phi) is 6.90. The summed E-state index contributed by atoms with van der Waals surface area (Å²) in [4.78, 5) is 0. The zero-order valence-electron chi connectivity index (χ0n) is 13.4. The van der Waals surface area contributed by atoms with Crippen LogP contribution in [0.4, 0.5) is 4.39 Å². The monoisotopic (exact) mass is 415 g/mol. The number of nitrogens with one attached hydrogen (secondary N) is 1. The molecule has 0 aliphatic heterocycles. The average Bonchev–Trinajstić information content (AvgIpc) is 3.37. The van der Waals surface area contributed by atoms with Crippen LogP contribution in [0.1, 0.15) is 24.0 Å². The fraction of sp³-hybridized carbons (Fsp3) is 0.333. The molecule has 1 N–H and O–H groups in total. The fourth-order valence-corrected chi connectivity index (χ4v) is 2.93. The Hall–Kier alpha value is -1.30. The zero-order chi connectivity index (χ0) is 16.2. The van der Waals surface area contributed by atoms with Crippen molar-refractivity contribution in [1.82, 2.24) is 5.32 Å². The van der Waals surface area contributed by atoms with E-state index in [2.05, 4.69) is 21.2 Å². The average molecular weight is 417 g/mol. The van der Waals surface area contributed by atoms with Crippen molar-refractivity contribution in [3.8, 4) is 11.5 Å². The lowest BCUT2D eigenvalue weighted by molar-refractivity contribution is 0.277. The molecular weight excluding hydrogens is 397 g/mol. The highest BCUT2D eigenvalue weighted by molar-refractivity contribution is 9.10. The third-order valence-electron chi connectivity index (χ3n) is 3.79. The molecule has 0 spiro atoms. The van der Waals surface area contributed by atoms with Gasteiger partial charge in [-0.05, 0) is 52.5 Å². The maximum atomic E-state index is 13.7. The molecule has 6 heteroatoms. The number of methoxy groups -OCH3 is 1. The van der Waals surface area contributed by atoms with E-state index in [0.29, 0.717) is 23.1 Å². The van der Waals surface area contributed by atoms with Crippen molar-refractivity contribution >= 4 is 28.3 Å². The normalized spacial score (nSPS) is 13.3. The van der Waals surface area contributed by atoms with Crippen LogP contribution in [-0.2, 0) is 13.2 Å². The van der Waals surface area contributed by atoms with Crippen molar-refractivity contribution in [3.63, 3.8) is 0 Å². The number of rotatable bonds is 7. The molecule has 2 aromatic rings. The Balaban J connectivity index is 0.00000208. The van der Waals surface area contributed by atoms with Gasteiger partial charge < -0.3 is 14.8 Å². The molecule has 0 unspecified atom stereocenters. The predicted molar refractivity (Wildman–Crippen MR) is 98.5 cm³/mol. The Morgan fingerprint density at radius 2 is 2.00 bits per heavy atom. The summed E-state index contributed by atoms with van der Waals surface area (Å²) in [6, 6.07) is 11.2. The Morgan fingerprint density at radius 3 is 2.67 bits per heavy atom. The van der Waals surface area contributed by atoms with Gasteiger partial charge in [-0.1, -0.05) is 18.2 Å². The van der Waals surface area contributed by atoms with Gasteiger partial charge in [0.15, 0.2) is 11.5 Å². The quantitative estimate of drug-likeness (QED) is 0.700. The molecule has 2 aromatic carbocycles. The number of hydrogen-bond acceptors (Lipinski definition) is 3. The molecule has 0 radical (unpaired) electrons. The third-order valence-corrected chi connectivity index (χ3v) is 4.38. The molecule has 0 saturated heterocycles. The molecule has 0 amide bonds. The van der Waals surface area contributed by atoms with Gasteiger partial charge in [0.2, 0.25) is 0 Å². The largest absolute Gasteiger partial charge is 0.493 e. The van der Waals surface area contributed by atoms with Crippen molar-refractivity contribution in [3.05, 3.63) is 57.8 Å².